The van der Waals surface area contributed by atoms with Gasteiger partial charge < -0.3 is 0 Å². The molecule has 2 aliphatic heterocycles. The van der Waals surface area contributed by atoms with Crippen LogP contribution in [0.2, 0.25) is 0 Å². The topological polar surface area (TPSA) is 32.3 Å². The molecule has 0 N–H and O–H groups in total. The van der Waals surface area contributed by atoms with Gasteiger partial charge in [-0.15, -0.1) is 0 Å². The molecule has 0 unspecified atom stereocenters. The lowest BCUT2D eigenvalue weighted by molar-refractivity contribution is 0.219. The summed E-state index contributed by atoms with van der Waals surface area (Å²) in [4.78, 5) is 14.6. The number of fused-ring (bicyclic) bond motifs is 2. The van der Waals surface area contributed by atoms with Gasteiger partial charge in [0.2, 0.25) is 0 Å². The van der Waals surface area contributed by atoms with Gasteiger partial charge in [0.25, 0.3) is 0 Å². The van der Waals surface area contributed by atoms with E-state index in [1.54, 1.807) is 0 Å². The highest BCUT2D eigenvalue weighted by molar-refractivity contribution is 5.26. The quantitative estimate of drug-likeness (QED) is 0.798. The third-order valence-corrected chi connectivity index (χ3v) is 4.08. The van der Waals surface area contributed by atoms with Gasteiger partial charge in [-0.25, -0.2) is 0 Å². The lowest BCUT2D eigenvalue weighted by Gasteiger charge is -2.19. The summed E-state index contributed by atoms with van der Waals surface area (Å²) in [5.74, 6) is 0. The van der Waals surface area contributed by atoms with Crippen LogP contribution in [0.25, 0.3) is 0 Å². The molecule has 0 bridgehead atoms. The highest BCUT2D eigenvalue weighted by atomic mass is 15.2. The van der Waals surface area contributed by atoms with Crippen molar-refractivity contribution >= 4 is 0 Å². The lowest BCUT2D eigenvalue weighted by Crippen LogP contribution is -2.25. The first kappa shape index (κ1) is 12.1. The molecule has 0 spiro atoms. The molecule has 0 saturated carbocycles. The number of hydrogen-bond acceptors (Lipinski definition) is 4. The van der Waals surface area contributed by atoms with Crippen LogP contribution in [0.1, 0.15) is 50.5 Å². The van der Waals surface area contributed by atoms with E-state index in [9.17, 15) is 0 Å². The van der Waals surface area contributed by atoms with Crippen LogP contribution in [0.15, 0.2) is 0 Å². The summed E-state index contributed by atoms with van der Waals surface area (Å²) < 4.78 is 0. The van der Waals surface area contributed by atoms with Crippen LogP contribution in [-0.4, -0.2) is 31.9 Å². The Bertz CT molecular complexity index is 393. The van der Waals surface area contributed by atoms with E-state index in [1.165, 1.54) is 22.8 Å². The maximum atomic E-state index is 4.85. The van der Waals surface area contributed by atoms with E-state index >= 15 is 0 Å². The second kappa shape index (κ2) is 4.28. The molecule has 0 aromatic carbocycles. The van der Waals surface area contributed by atoms with Gasteiger partial charge in [0, 0.05) is 38.3 Å². The van der Waals surface area contributed by atoms with Gasteiger partial charge in [0.1, 0.15) is 0 Å². The molecule has 4 heteroatoms. The van der Waals surface area contributed by atoms with Gasteiger partial charge in [-0.05, 0) is 27.7 Å². The SMILES string of the molecule is CC(C)N1Cc2nc3c(nc2C1)CN(C(C)C)C3. The Morgan fingerprint density at radius 3 is 1.17 bits per heavy atom. The van der Waals surface area contributed by atoms with Crippen LogP contribution in [0, 0.1) is 0 Å². The summed E-state index contributed by atoms with van der Waals surface area (Å²) in [6.07, 6.45) is 0. The Morgan fingerprint density at radius 1 is 0.667 bits per heavy atom. The van der Waals surface area contributed by atoms with Gasteiger partial charge in [0.05, 0.1) is 22.8 Å². The largest absolute Gasteiger partial charge is 0.289 e. The molecule has 1 aromatic rings. The maximum absolute atomic E-state index is 4.85. The summed E-state index contributed by atoms with van der Waals surface area (Å²) in [5.41, 5.74) is 4.81. The van der Waals surface area contributed by atoms with E-state index in [0.29, 0.717) is 12.1 Å². The van der Waals surface area contributed by atoms with Crippen molar-refractivity contribution in [2.75, 3.05) is 0 Å². The van der Waals surface area contributed by atoms with Gasteiger partial charge in [-0.1, -0.05) is 0 Å². The molecule has 1 aromatic heterocycles. The first-order chi connectivity index (χ1) is 8.54. The molecule has 0 saturated heterocycles. The fourth-order valence-electron chi connectivity index (χ4n) is 2.70. The average Bonchev–Trinajstić information content (AvgIpc) is 2.87. The highest BCUT2D eigenvalue weighted by Crippen LogP contribution is 2.27. The second-order valence-electron chi connectivity index (χ2n) is 6.01. The molecule has 18 heavy (non-hydrogen) atoms. The molecule has 0 amide bonds. The molecule has 0 fully saturated rings. The molecular weight excluding hydrogens is 224 g/mol. The molecular formula is C14H22N4. The highest BCUT2D eigenvalue weighted by Gasteiger charge is 2.29. The van der Waals surface area contributed by atoms with Gasteiger partial charge >= 0.3 is 0 Å². The lowest BCUT2D eigenvalue weighted by atomic mass is 10.3. The molecule has 0 aliphatic carbocycles. The first-order valence-electron chi connectivity index (χ1n) is 6.90. The normalized spacial score (nSPS) is 19.9. The van der Waals surface area contributed by atoms with Gasteiger partial charge in [-0.2, -0.15) is 0 Å². The summed E-state index contributed by atoms with van der Waals surface area (Å²) in [6.45, 7) is 12.8. The van der Waals surface area contributed by atoms with E-state index in [0.717, 1.165) is 26.2 Å². The average molecular weight is 246 g/mol. The predicted octanol–water partition coefficient (Wildman–Crippen LogP) is 1.92. The van der Waals surface area contributed by atoms with E-state index in [4.69, 9.17) is 9.97 Å². The van der Waals surface area contributed by atoms with E-state index in [1.807, 2.05) is 0 Å². The number of rotatable bonds is 2. The number of aromatic nitrogens is 2. The summed E-state index contributed by atoms with van der Waals surface area (Å²) in [6, 6.07) is 1.14. The van der Waals surface area contributed by atoms with Crippen molar-refractivity contribution in [1.82, 2.24) is 19.8 Å². The van der Waals surface area contributed by atoms with Crippen molar-refractivity contribution in [3.63, 3.8) is 0 Å². The Hall–Kier alpha value is -1.00. The minimum absolute atomic E-state index is 0.572. The summed E-state index contributed by atoms with van der Waals surface area (Å²) in [7, 11) is 0. The van der Waals surface area contributed by atoms with Crippen molar-refractivity contribution in [3.05, 3.63) is 22.8 Å². The Kier molecular flexibility index (Phi) is 2.87. The van der Waals surface area contributed by atoms with Crippen LogP contribution >= 0.6 is 0 Å². The standard InChI is InChI=1S/C14H22N4/c1-9(2)17-5-11-12(6-17)16-14-8-18(10(3)4)7-13(14)15-11/h9-10H,5-8H2,1-4H3. The van der Waals surface area contributed by atoms with Crippen LogP contribution in [0.3, 0.4) is 0 Å². The van der Waals surface area contributed by atoms with Gasteiger partial charge in [-0.3, -0.25) is 19.8 Å². The molecule has 3 heterocycles. The Morgan fingerprint density at radius 2 is 0.944 bits per heavy atom. The maximum Gasteiger partial charge on any atom is 0.0776 e. The smallest absolute Gasteiger partial charge is 0.0776 e. The molecule has 0 radical (unpaired) electrons. The van der Waals surface area contributed by atoms with Crippen LogP contribution in [0.4, 0.5) is 0 Å². The number of hydrogen-bond donors (Lipinski definition) is 0. The zero-order valence-electron chi connectivity index (χ0n) is 11.8. The van der Waals surface area contributed by atoms with Crippen molar-refractivity contribution < 1.29 is 0 Å². The minimum atomic E-state index is 0.572. The second-order valence-corrected chi connectivity index (χ2v) is 6.01. The minimum Gasteiger partial charge on any atom is -0.289 e. The van der Waals surface area contributed by atoms with Crippen LogP contribution in [-0.2, 0) is 26.2 Å². The van der Waals surface area contributed by atoms with Crippen molar-refractivity contribution in [2.45, 2.75) is 66.0 Å². The first-order valence-corrected chi connectivity index (χ1v) is 6.90. The van der Waals surface area contributed by atoms with E-state index in [2.05, 4.69) is 37.5 Å². The summed E-state index contributed by atoms with van der Waals surface area (Å²) >= 11 is 0. The Balaban J connectivity index is 1.85. The van der Waals surface area contributed by atoms with Crippen LogP contribution in [0.5, 0.6) is 0 Å². The third kappa shape index (κ3) is 1.93. The van der Waals surface area contributed by atoms with Gasteiger partial charge in [0.15, 0.2) is 0 Å². The molecule has 98 valence electrons. The van der Waals surface area contributed by atoms with Crippen molar-refractivity contribution in [3.8, 4) is 0 Å². The van der Waals surface area contributed by atoms with E-state index in [-0.39, 0.29) is 0 Å². The summed E-state index contributed by atoms with van der Waals surface area (Å²) in [5, 5.41) is 0. The molecule has 3 rings (SSSR count). The zero-order valence-corrected chi connectivity index (χ0v) is 11.8. The van der Waals surface area contributed by atoms with Crippen LogP contribution < -0.4 is 0 Å². The molecule has 0 atom stereocenters. The third-order valence-electron chi connectivity index (χ3n) is 4.08. The van der Waals surface area contributed by atoms with Crippen molar-refractivity contribution in [1.29, 1.82) is 0 Å². The van der Waals surface area contributed by atoms with E-state index < -0.39 is 0 Å². The zero-order chi connectivity index (χ0) is 12.9. The Labute approximate surface area is 109 Å². The molecule has 2 aliphatic rings. The fraction of sp³-hybridized carbons (Fsp3) is 0.714. The predicted molar refractivity (Wildman–Crippen MR) is 70.8 cm³/mol. The number of nitrogens with zero attached hydrogens (tertiary/aromatic N) is 4. The molecule has 4 nitrogen and oxygen atoms in total. The fourth-order valence-corrected chi connectivity index (χ4v) is 2.70. The van der Waals surface area contributed by atoms with Crippen molar-refractivity contribution in [2.24, 2.45) is 0 Å². The monoisotopic (exact) mass is 246 g/mol.